The van der Waals surface area contributed by atoms with Gasteiger partial charge in [0.25, 0.3) is 5.56 Å². The van der Waals surface area contributed by atoms with Crippen molar-refractivity contribution in [1.29, 1.82) is 0 Å². The normalized spacial score (nSPS) is 14.8. The number of pyridine rings is 1. The zero-order valence-corrected chi connectivity index (χ0v) is 13.3. The molecule has 3 heterocycles. The fourth-order valence-corrected chi connectivity index (χ4v) is 2.82. The fraction of sp³-hybridized carbons (Fsp3) is 0.353. The maximum Gasteiger partial charge on any atom is 0.256 e. The highest BCUT2D eigenvalue weighted by Crippen LogP contribution is 2.16. The number of allylic oxidation sites excluding steroid dienone is 1. The predicted octanol–water partition coefficient (Wildman–Crippen LogP) is 1.53. The van der Waals surface area contributed by atoms with Crippen molar-refractivity contribution in [2.45, 2.75) is 13.3 Å². The van der Waals surface area contributed by atoms with Crippen LogP contribution in [0.2, 0.25) is 0 Å². The quantitative estimate of drug-likeness (QED) is 0.868. The summed E-state index contributed by atoms with van der Waals surface area (Å²) >= 11 is 0. The van der Waals surface area contributed by atoms with Crippen LogP contribution in [-0.2, 0) is 6.42 Å². The second-order valence-electron chi connectivity index (χ2n) is 5.61. The van der Waals surface area contributed by atoms with E-state index in [0.29, 0.717) is 17.9 Å². The van der Waals surface area contributed by atoms with Gasteiger partial charge in [0.1, 0.15) is 5.82 Å². The van der Waals surface area contributed by atoms with Crippen molar-refractivity contribution in [3.05, 3.63) is 58.7 Å². The lowest BCUT2D eigenvalue weighted by molar-refractivity contribution is 0.632. The molecule has 3 rings (SSSR count). The van der Waals surface area contributed by atoms with Gasteiger partial charge in [0.2, 0.25) is 5.95 Å². The second-order valence-corrected chi connectivity index (χ2v) is 5.61. The van der Waals surface area contributed by atoms with E-state index in [9.17, 15) is 4.79 Å². The molecule has 0 bridgehead atoms. The lowest BCUT2D eigenvalue weighted by Gasteiger charge is -2.35. The van der Waals surface area contributed by atoms with E-state index in [-0.39, 0.29) is 5.56 Å². The van der Waals surface area contributed by atoms with Crippen molar-refractivity contribution in [2.75, 3.05) is 36.0 Å². The summed E-state index contributed by atoms with van der Waals surface area (Å²) < 4.78 is 0. The van der Waals surface area contributed by atoms with Crippen LogP contribution >= 0.6 is 0 Å². The van der Waals surface area contributed by atoms with Crippen LogP contribution in [0.4, 0.5) is 11.8 Å². The van der Waals surface area contributed by atoms with E-state index in [2.05, 4.69) is 31.3 Å². The van der Waals surface area contributed by atoms with Crippen LogP contribution in [0, 0.1) is 6.92 Å². The van der Waals surface area contributed by atoms with Crippen LogP contribution in [0.3, 0.4) is 0 Å². The van der Waals surface area contributed by atoms with Gasteiger partial charge in [0, 0.05) is 37.9 Å². The minimum absolute atomic E-state index is 0.0699. The van der Waals surface area contributed by atoms with Crippen molar-refractivity contribution in [1.82, 2.24) is 15.0 Å². The smallest absolute Gasteiger partial charge is 0.256 e. The van der Waals surface area contributed by atoms with E-state index in [1.807, 2.05) is 31.3 Å². The zero-order chi connectivity index (χ0) is 16.2. The Bertz CT molecular complexity index is 732. The molecule has 1 fully saturated rings. The lowest BCUT2D eigenvalue weighted by Crippen LogP contribution is -2.47. The minimum Gasteiger partial charge on any atom is -0.353 e. The largest absolute Gasteiger partial charge is 0.353 e. The summed E-state index contributed by atoms with van der Waals surface area (Å²) in [4.78, 5) is 28.4. The Morgan fingerprint density at radius 1 is 1.26 bits per heavy atom. The Balaban J connectivity index is 1.73. The summed E-state index contributed by atoms with van der Waals surface area (Å²) in [5.74, 6) is 1.65. The standard InChI is InChI=1S/C17H21N5O/c1-3-6-14-13(2)19-17(20-16(14)23)22-11-9-21(10-12-22)15-7-4-5-8-18-15/h3-5,7-8H,1,6,9-12H2,2H3,(H,19,20,23). The molecule has 0 radical (unpaired) electrons. The molecule has 2 aromatic heterocycles. The molecule has 0 spiro atoms. The molecular weight excluding hydrogens is 290 g/mol. The first-order valence-electron chi connectivity index (χ1n) is 7.80. The predicted molar refractivity (Wildman–Crippen MR) is 92.2 cm³/mol. The van der Waals surface area contributed by atoms with Crippen LogP contribution in [0.25, 0.3) is 0 Å². The van der Waals surface area contributed by atoms with Crippen LogP contribution in [-0.4, -0.2) is 41.1 Å². The molecule has 0 aliphatic carbocycles. The average Bonchev–Trinajstić information content (AvgIpc) is 2.59. The summed E-state index contributed by atoms with van der Waals surface area (Å²) in [6.45, 7) is 8.88. The van der Waals surface area contributed by atoms with Crippen LogP contribution in [0.15, 0.2) is 41.8 Å². The topological polar surface area (TPSA) is 65.1 Å². The summed E-state index contributed by atoms with van der Waals surface area (Å²) in [6.07, 6.45) is 4.08. The molecule has 0 saturated carbocycles. The third-order valence-corrected chi connectivity index (χ3v) is 4.11. The second kappa shape index (κ2) is 6.64. The van der Waals surface area contributed by atoms with Gasteiger partial charge in [-0.05, 0) is 25.5 Å². The van der Waals surface area contributed by atoms with E-state index >= 15 is 0 Å². The number of piperazine rings is 1. The number of nitrogens with zero attached hydrogens (tertiary/aromatic N) is 4. The van der Waals surface area contributed by atoms with Gasteiger partial charge in [-0.15, -0.1) is 6.58 Å². The van der Waals surface area contributed by atoms with Gasteiger partial charge in [-0.25, -0.2) is 9.97 Å². The molecule has 6 heteroatoms. The average molecular weight is 311 g/mol. The van der Waals surface area contributed by atoms with E-state index in [4.69, 9.17) is 0 Å². The van der Waals surface area contributed by atoms with Gasteiger partial charge in [-0.3, -0.25) is 9.78 Å². The number of hydrogen-bond acceptors (Lipinski definition) is 5. The highest BCUT2D eigenvalue weighted by molar-refractivity contribution is 5.42. The van der Waals surface area contributed by atoms with Crippen molar-refractivity contribution >= 4 is 11.8 Å². The number of nitrogens with one attached hydrogen (secondary N) is 1. The molecule has 1 aliphatic heterocycles. The molecule has 1 N–H and O–H groups in total. The number of H-pyrrole nitrogens is 1. The molecule has 23 heavy (non-hydrogen) atoms. The zero-order valence-electron chi connectivity index (χ0n) is 13.3. The van der Waals surface area contributed by atoms with Gasteiger partial charge < -0.3 is 9.80 Å². The van der Waals surface area contributed by atoms with Crippen LogP contribution in [0.5, 0.6) is 0 Å². The summed E-state index contributed by atoms with van der Waals surface area (Å²) in [6, 6.07) is 5.93. The molecule has 6 nitrogen and oxygen atoms in total. The Morgan fingerprint density at radius 2 is 2.00 bits per heavy atom. The van der Waals surface area contributed by atoms with Crippen molar-refractivity contribution in [3.63, 3.8) is 0 Å². The number of rotatable bonds is 4. The van der Waals surface area contributed by atoms with E-state index in [0.717, 1.165) is 37.7 Å². The third kappa shape index (κ3) is 3.26. The molecule has 1 aliphatic rings. The first-order chi connectivity index (χ1) is 11.2. The molecule has 120 valence electrons. The highest BCUT2D eigenvalue weighted by Gasteiger charge is 2.20. The number of anilines is 2. The van der Waals surface area contributed by atoms with Gasteiger partial charge in [-0.2, -0.15) is 0 Å². The summed E-state index contributed by atoms with van der Waals surface area (Å²) in [5.41, 5.74) is 1.39. The number of hydrogen-bond donors (Lipinski definition) is 1. The number of aromatic amines is 1. The molecule has 0 aromatic carbocycles. The molecule has 2 aromatic rings. The van der Waals surface area contributed by atoms with Crippen molar-refractivity contribution < 1.29 is 0 Å². The van der Waals surface area contributed by atoms with Crippen molar-refractivity contribution in [2.24, 2.45) is 0 Å². The summed E-state index contributed by atoms with van der Waals surface area (Å²) in [5, 5.41) is 0. The Kier molecular flexibility index (Phi) is 4.41. The third-order valence-electron chi connectivity index (χ3n) is 4.11. The molecular formula is C17H21N5O. The maximum absolute atomic E-state index is 12.2. The molecule has 0 unspecified atom stereocenters. The van der Waals surface area contributed by atoms with E-state index < -0.39 is 0 Å². The lowest BCUT2D eigenvalue weighted by atomic mass is 10.2. The van der Waals surface area contributed by atoms with Crippen LogP contribution < -0.4 is 15.4 Å². The van der Waals surface area contributed by atoms with Gasteiger partial charge in [-0.1, -0.05) is 12.1 Å². The Labute approximate surface area is 135 Å². The Morgan fingerprint density at radius 3 is 2.61 bits per heavy atom. The van der Waals surface area contributed by atoms with Gasteiger partial charge in [0.15, 0.2) is 0 Å². The fourth-order valence-electron chi connectivity index (χ4n) is 2.82. The molecule has 1 saturated heterocycles. The Hall–Kier alpha value is -2.63. The highest BCUT2D eigenvalue weighted by atomic mass is 16.1. The molecule has 0 atom stereocenters. The number of aromatic nitrogens is 3. The monoisotopic (exact) mass is 311 g/mol. The van der Waals surface area contributed by atoms with Crippen LogP contribution in [0.1, 0.15) is 11.3 Å². The van der Waals surface area contributed by atoms with Crippen molar-refractivity contribution in [3.8, 4) is 0 Å². The summed E-state index contributed by atoms with van der Waals surface area (Å²) in [7, 11) is 0. The van der Waals surface area contributed by atoms with Gasteiger partial charge >= 0.3 is 0 Å². The first-order valence-corrected chi connectivity index (χ1v) is 7.80. The number of aryl methyl sites for hydroxylation is 1. The first kappa shape index (κ1) is 15.3. The molecule has 0 amide bonds. The van der Waals surface area contributed by atoms with E-state index in [1.165, 1.54) is 0 Å². The van der Waals surface area contributed by atoms with E-state index in [1.54, 1.807) is 6.08 Å². The SMILES string of the molecule is C=CCc1c(C)nc(N2CCN(c3ccccn3)CC2)[nH]c1=O. The maximum atomic E-state index is 12.2. The minimum atomic E-state index is -0.0699. The van der Waals surface area contributed by atoms with Gasteiger partial charge in [0.05, 0.1) is 5.69 Å².